The first-order valence-electron chi connectivity index (χ1n) is 6.03. The molecule has 0 aliphatic heterocycles. The topological polar surface area (TPSA) is 49.7 Å². The van der Waals surface area contributed by atoms with Crippen LogP contribution < -0.4 is 5.46 Å². The molecule has 0 fully saturated rings. The van der Waals surface area contributed by atoms with Crippen LogP contribution in [0.5, 0.6) is 0 Å². The minimum atomic E-state index is -1.83. The van der Waals surface area contributed by atoms with Gasteiger partial charge in [-0.25, -0.2) is 4.39 Å². The molecule has 0 spiro atoms. The van der Waals surface area contributed by atoms with Crippen molar-refractivity contribution < 1.29 is 19.2 Å². The minimum Gasteiger partial charge on any atom is -0.423 e. The van der Waals surface area contributed by atoms with Crippen LogP contribution in [0.1, 0.15) is 11.1 Å². The lowest BCUT2D eigenvalue weighted by molar-refractivity contribution is 0.107. The number of hydrogen-bond donors (Lipinski definition) is 2. The van der Waals surface area contributed by atoms with E-state index in [9.17, 15) is 4.39 Å². The van der Waals surface area contributed by atoms with Gasteiger partial charge in [-0.2, -0.15) is 0 Å². The second-order valence-electron chi connectivity index (χ2n) is 4.35. The summed E-state index contributed by atoms with van der Waals surface area (Å²) >= 11 is 5.78. The molecule has 0 saturated heterocycles. The summed E-state index contributed by atoms with van der Waals surface area (Å²) in [6.45, 7) is 0.647. The summed E-state index contributed by atoms with van der Waals surface area (Å²) in [5.74, 6) is -0.651. The monoisotopic (exact) mass is 294 g/mol. The highest BCUT2D eigenvalue weighted by atomic mass is 35.5. The lowest BCUT2D eigenvalue weighted by Crippen LogP contribution is -2.33. The van der Waals surface area contributed by atoms with Gasteiger partial charge < -0.3 is 14.8 Å². The van der Waals surface area contributed by atoms with Gasteiger partial charge in [-0.3, -0.25) is 0 Å². The summed E-state index contributed by atoms with van der Waals surface area (Å²) < 4.78 is 18.8. The first-order valence-corrected chi connectivity index (χ1v) is 6.40. The van der Waals surface area contributed by atoms with E-state index in [2.05, 4.69) is 0 Å². The van der Waals surface area contributed by atoms with E-state index in [4.69, 9.17) is 26.4 Å². The Kier molecular flexibility index (Phi) is 5.14. The van der Waals surface area contributed by atoms with Gasteiger partial charge in [0.1, 0.15) is 5.82 Å². The Balaban J connectivity index is 1.94. The third-order valence-electron chi connectivity index (χ3n) is 2.79. The van der Waals surface area contributed by atoms with Crippen LogP contribution in [0.25, 0.3) is 0 Å². The van der Waals surface area contributed by atoms with Crippen molar-refractivity contribution in [2.75, 3.05) is 0 Å². The molecule has 0 aliphatic rings. The molecule has 0 radical (unpaired) electrons. The third-order valence-corrected chi connectivity index (χ3v) is 3.04. The molecule has 0 aliphatic carbocycles. The van der Waals surface area contributed by atoms with Crippen molar-refractivity contribution in [3.8, 4) is 0 Å². The summed E-state index contributed by atoms with van der Waals surface area (Å²) in [5.41, 5.74) is 1.49. The molecule has 2 rings (SSSR count). The van der Waals surface area contributed by atoms with Crippen LogP contribution in [-0.4, -0.2) is 17.2 Å². The van der Waals surface area contributed by atoms with Crippen molar-refractivity contribution in [2.45, 2.75) is 13.2 Å². The van der Waals surface area contributed by atoms with Crippen molar-refractivity contribution in [2.24, 2.45) is 0 Å². The molecule has 0 saturated carbocycles. The van der Waals surface area contributed by atoms with Crippen LogP contribution in [-0.2, 0) is 18.0 Å². The zero-order chi connectivity index (χ0) is 14.5. The standard InChI is InChI=1S/C14H13BClFO3/c16-12-4-1-10(2-5-12)8-20-9-11-3-6-14(17)13(7-11)15(18)19/h1-7,18-19H,8-9H2. The molecule has 20 heavy (non-hydrogen) atoms. The SMILES string of the molecule is OB(O)c1cc(COCc2ccc(Cl)cc2)ccc1F. The molecule has 104 valence electrons. The van der Waals surface area contributed by atoms with Gasteiger partial charge in [-0.1, -0.05) is 35.9 Å². The van der Waals surface area contributed by atoms with E-state index >= 15 is 0 Å². The predicted octanol–water partition coefficient (Wildman–Crippen LogP) is 1.88. The van der Waals surface area contributed by atoms with Crippen LogP contribution in [0.15, 0.2) is 42.5 Å². The molecule has 2 aromatic rings. The van der Waals surface area contributed by atoms with Crippen molar-refractivity contribution in [3.05, 3.63) is 64.4 Å². The van der Waals surface area contributed by atoms with Crippen LogP contribution in [0.4, 0.5) is 4.39 Å². The Labute approximate surface area is 121 Å². The first-order chi connectivity index (χ1) is 9.56. The maximum Gasteiger partial charge on any atom is 0.491 e. The van der Waals surface area contributed by atoms with Gasteiger partial charge in [0.2, 0.25) is 0 Å². The van der Waals surface area contributed by atoms with Gasteiger partial charge in [-0.05, 0) is 29.3 Å². The fourth-order valence-corrected chi connectivity index (χ4v) is 1.87. The summed E-state index contributed by atoms with van der Waals surface area (Å²) in [4.78, 5) is 0. The van der Waals surface area contributed by atoms with Crippen LogP contribution >= 0.6 is 11.6 Å². The Morgan fingerprint density at radius 1 is 1.00 bits per heavy atom. The van der Waals surface area contributed by atoms with E-state index in [0.717, 1.165) is 5.56 Å². The molecule has 2 aromatic carbocycles. The molecule has 0 aromatic heterocycles. The number of ether oxygens (including phenoxy) is 1. The zero-order valence-electron chi connectivity index (χ0n) is 10.6. The number of rotatable bonds is 5. The summed E-state index contributed by atoms with van der Waals surface area (Å²) in [6, 6.07) is 11.4. The highest BCUT2D eigenvalue weighted by Gasteiger charge is 2.16. The molecule has 0 unspecified atom stereocenters. The lowest BCUT2D eigenvalue weighted by Gasteiger charge is -2.07. The van der Waals surface area contributed by atoms with E-state index in [1.165, 1.54) is 12.1 Å². The Hall–Kier alpha value is -1.40. The fraction of sp³-hybridized carbons (Fsp3) is 0.143. The van der Waals surface area contributed by atoms with Gasteiger partial charge in [0.25, 0.3) is 0 Å². The zero-order valence-corrected chi connectivity index (χ0v) is 11.3. The van der Waals surface area contributed by atoms with Gasteiger partial charge in [0, 0.05) is 10.5 Å². The minimum absolute atomic E-state index is 0.155. The van der Waals surface area contributed by atoms with E-state index in [0.29, 0.717) is 17.2 Å². The van der Waals surface area contributed by atoms with Crippen molar-refractivity contribution in [3.63, 3.8) is 0 Å². The molecular weight excluding hydrogens is 281 g/mol. The highest BCUT2D eigenvalue weighted by Crippen LogP contribution is 2.11. The van der Waals surface area contributed by atoms with Gasteiger partial charge in [0.05, 0.1) is 13.2 Å². The second-order valence-corrected chi connectivity index (χ2v) is 4.79. The maximum absolute atomic E-state index is 13.3. The number of benzene rings is 2. The Morgan fingerprint density at radius 2 is 1.60 bits per heavy atom. The predicted molar refractivity (Wildman–Crippen MR) is 76.2 cm³/mol. The van der Waals surface area contributed by atoms with Crippen LogP contribution in [0.2, 0.25) is 5.02 Å². The van der Waals surface area contributed by atoms with Gasteiger partial charge in [-0.15, -0.1) is 0 Å². The van der Waals surface area contributed by atoms with Crippen LogP contribution in [0, 0.1) is 5.82 Å². The van der Waals surface area contributed by atoms with Gasteiger partial charge in [0.15, 0.2) is 0 Å². The number of halogens is 2. The third kappa shape index (κ3) is 4.05. The van der Waals surface area contributed by atoms with Crippen molar-refractivity contribution in [1.82, 2.24) is 0 Å². The largest absolute Gasteiger partial charge is 0.491 e. The van der Waals surface area contributed by atoms with E-state index < -0.39 is 12.9 Å². The molecule has 0 atom stereocenters. The van der Waals surface area contributed by atoms with Gasteiger partial charge >= 0.3 is 7.12 Å². The highest BCUT2D eigenvalue weighted by molar-refractivity contribution is 6.58. The Morgan fingerprint density at radius 3 is 2.25 bits per heavy atom. The number of hydrogen-bond acceptors (Lipinski definition) is 3. The smallest absolute Gasteiger partial charge is 0.423 e. The van der Waals surface area contributed by atoms with Crippen molar-refractivity contribution in [1.29, 1.82) is 0 Å². The summed E-state index contributed by atoms with van der Waals surface area (Å²) in [5, 5.41) is 18.7. The fourth-order valence-electron chi connectivity index (χ4n) is 1.75. The molecule has 0 heterocycles. The molecule has 0 amide bonds. The molecule has 3 nitrogen and oxygen atoms in total. The van der Waals surface area contributed by atoms with E-state index in [-0.39, 0.29) is 12.1 Å². The lowest BCUT2D eigenvalue weighted by atomic mass is 9.79. The summed E-state index contributed by atoms with van der Waals surface area (Å²) in [7, 11) is -1.83. The quantitative estimate of drug-likeness (QED) is 0.828. The molecule has 2 N–H and O–H groups in total. The summed E-state index contributed by atoms with van der Waals surface area (Å²) in [6.07, 6.45) is 0. The second kappa shape index (κ2) is 6.86. The maximum atomic E-state index is 13.3. The average Bonchev–Trinajstić information content (AvgIpc) is 2.42. The van der Waals surface area contributed by atoms with Crippen molar-refractivity contribution >= 4 is 24.2 Å². The normalized spacial score (nSPS) is 10.6. The Bertz CT molecular complexity index is 575. The van der Waals surface area contributed by atoms with Crippen LogP contribution in [0.3, 0.4) is 0 Å². The van der Waals surface area contributed by atoms with E-state index in [1.807, 2.05) is 12.1 Å². The van der Waals surface area contributed by atoms with E-state index in [1.54, 1.807) is 18.2 Å². The average molecular weight is 295 g/mol. The first kappa shape index (κ1) is 15.0. The molecule has 6 heteroatoms. The molecular formula is C14H13BClFO3. The molecule has 0 bridgehead atoms.